The number of ether oxygens (including phenoxy) is 1. The maximum atomic E-state index is 12.7. The van der Waals surface area contributed by atoms with Gasteiger partial charge in [0.25, 0.3) is 0 Å². The summed E-state index contributed by atoms with van der Waals surface area (Å²) in [6, 6.07) is 15.5. The van der Waals surface area contributed by atoms with E-state index in [1.54, 1.807) is 0 Å². The van der Waals surface area contributed by atoms with Crippen LogP contribution in [0.5, 0.6) is 0 Å². The van der Waals surface area contributed by atoms with Gasteiger partial charge in [0.1, 0.15) is 12.6 Å². The number of nitrogens with one attached hydrogen (secondary N) is 2. The summed E-state index contributed by atoms with van der Waals surface area (Å²) in [7, 11) is 0. The normalized spacial score (nSPS) is 19.7. The lowest BCUT2D eigenvalue weighted by Crippen LogP contribution is -2.45. The van der Waals surface area contributed by atoms with Crippen molar-refractivity contribution in [1.82, 2.24) is 10.6 Å². The van der Waals surface area contributed by atoms with Crippen molar-refractivity contribution in [3.63, 3.8) is 0 Å². The summed E-state index contributed by atoms with van der Waals surface area (Å²) in [6.45, 7) is 2.46. The molecule has 3 N–H and O–H groups in total. The third kappa shape index (κ3) is 5.08. The molecule has 0 radical (unpaired) electrons. The number of hydrogen-bond acceptors (Lipinski definition) is 4. The summed E-state index contributed by atoms with van der Waals surface area (Å²) in [5.74, 6) is -1.59. The van der Waals surface area contributed by atoms with E-state index in [4.69, 9.17) is 4.74 Å². The van der Waals surface area contributed by atoms with Crippen molar-refractivity contribution in [2.75, 3.05) is 13.2 Å². The van der Waals surface area contributed by atoms with Crippen LogP contribution < -0.4 is 10.6 Å². The molecular weight excluding hydrogens is 432 g/mol. The monoisotopic (exact) mass is 464 g/mol. The number of rotatable bonds is 9. The topological polar surface area (TPSA) is 105 Å². The van der Waals surface area contributed by atoms with Crippen molar-refractivity contribution < 1.29 is 24.2 Å². The number of hydrogen-bond donors (Lipinski definition) is 3. The number of fused-ring (bicyclic) bond motifs is 3. The Hall–Kier alpha value is -3.35. The molecule has 7 heteroatoms. The molecule has 2 aromatic carbocycles. The van der Waals surface area contributed by atoms with E-state index in [1.165, 1.54) is 11.1 Å². The van der Waals surface area contributed by atoms with Gasteiger partial charge >= 0.3 is 12.1 Å². The zero-order valence-corrected chi connectivity index (χ0v) is 19.5. The van der Waals surface area contributed by atoms with Gasteiger partial charge in [-0.1, -0.05) is 68.3 Å². The van der Waals surface area contributed by atoms with E-state index in [9.17, 15) is 19.5 Å². The quantitative estimate of drug-likeness (QED) is 0.513. The van der Waals surface area contributed by atoms with Crippen LogP contribution in [-0.2, 0) is 14.3 Å². The lowest BCUT2D eigenvalue weighted by Gasteiger charge is -2.22. The molecule has 2 aromatic rings. The first-order chi connectivity index (χ1) is 16.5. The van der Waals surface area contributed by atoms with Gasteiger partial charge < -0.3 is 20.5 Å². The molecule has 0 aliphatic heterocycles. The number of carboxylic acids is 1. The number of carbonyl (C=O) groups excluding carboxylic acids is 2. The standard InChI is InChI=1S/C27H32N2O5/c1-2-8-24(26(31)32)29-25(30)18-14-7-9-17(18)15-28-27(33)34-16-23-21-12-5-3-10-19(21)20-11-4-6-13-22(20)23/h3-6,10-13,17-18,23-24H,2,7-9,14-16H2,1H3,(H,28,33)(H,29,30)(H,31,32)/t17?,18?,24-/m1/s1. The highest BCUT2D eigenvalue weighted by molar-refractivity contribution is 5.85. The second-order valence-corrected chi connectivity index (χ2v) is 9.19. The van der Waals surface area contributed by atoms with Gasteiger partial charge in [0.15, 0.2) is 0 Å². The Kier molecular flexibility index (Phi) is 7.50. The maximum Gasteiger partial charge on any atom is 0.407 e. The van der Waals surface area contributed by atoms with Crippen LogP contribution in [0.25, 0.3) is 11.1 Å². The van der Waals surface area contributed by atoms with Gasteiger partial charge in [-0.25, -0.2) is 9.59 Å². The number of aliphatic carboxylic acids is 1. The zero-order valence-electron chi connectivity index (χ0n) is 19.5. The second kappa shape index (κ2) is 10.7. The van der Waals surface area contributed by atoms with E-state index in [0.29, 0.717) is 25.8 Å². The molecule has 0 aromatic heterocycles. The van der Waals surface area contributed by atoms with E-state index in [1.807, 2.05) is 31.2 Å². The summed E-state index contributed by atoms with van der Waals surface area (Å²) >= 11 is 0. The number of carboxylic acid groups (broad SMARTS) is 1. The molecule has 2 aliphatic carbocycles. The molecule has 2 unspecified atom stereocenters. The molecule has 0 heterocycles. The molecule has 0 spiro atoms. The fourth-order valence-corrected chi connectivity index (χ4v) is 5.32. The Labute approximate surface area is 199 Å². The summed E-state index contributed by atoms with van der Waals surface area (Å²) in [4.78, 5) is 36.6. The van der Waals surface area contributed by atoms with Crippen LogP contribution in [0.3, 0.4) is 0 Å². The SMILES string of the molecule is CCC[C@@H](NC(=O)C1CCCC1CNC(=O)OCC1c2ccccc2-c2ccccc21)C(=O)O. The van der Waals surface area contributed by atoms with Crippen LogP contribution in [-0.4, -0.2) is 42.3 Å². The van der Waals surface area contributed by atoms with Gasteiger partial charge in [0.2, 0.25) is 5.91 Å². The first kappa shape index (κ1) is 23.8. The smallest absolute Gasteiger partial charge is 0.407 e. The fourth-order valence-electron chi connectivity index (χ4n) is 5.32. The first-order valence-corrected chi connectivity index (χ1v) is 12.1. The van der Waals surface area contributed by atoms with Gasteiger partial charge in [-0.3, -0.25) is 4.79 Å². The Morgan fingerprint density at radius 1 is 1.03 bits per heavy atom. The predicted molar refractivity (Wildman–Crippen MR) is 128 cm³/mol. The fraction of sp³-hybridized carbons (Fsp3) is 0.444. The van der Waals surface area contributed by atoms with Gasteiger partial charge in [0, 0.05) is 18.4 Å². The Balaban J connectivity index is 1.30. The highest BCUT2D eigenvalue weighted by atomic mass is 16.5. The second-order valence-electron chi connectivity index (χ2n) is 9.19. The summed E-state index contributed by atoms with van der Waals surface area (Å²) in [5, 5.41) is 14.8. The average molecular weight is 465 g/mol. The van der Waals surface area contributed by atoms with Crippen LogP contribution in [0.1, 0.15) is 56.1 Å². The van der Waals surface area contributed by atoms with Crippen molar-refractivity contribution in [3.8, 4) is 11.1 Å². The molecule has 180 valence electrons. The molecule has 34 heavy (non-hydrogen) atoms. The van der Waals surface area contributed by atoms with E-state index in [0.717, 1.165) is 24.0 Å². The van der Waals surface area contributed by atoms with Crippen molar-refractivity contribution >= 4 is 18.0 Å². The van der Waals surface area contributed by atoms with Gasteiger partial charge in [-0.15, -0.1) is 0 Å². The van der Waals surface area contributed by atoms with Crippen LogP contribution in [0.15, 0.2) is 48.5 Å². The first-order valence-electron chi connectivity index (χ1n) is 12.1. The minimum absolute atomic E-state index is 0.00493. The van der Waals surface area contributed by atoms with Gasteiger partial charge in [-0.05, 0) is 47.4 Å². The molecule has 2 amide bonds. The third-order valence-electron chi connectivity index (χ3n) is 7.04. The lowest BCUT2D eigenvalue weighted by molar-refractivity contribution is -0.142. The van der Waals surface area contributed by atoms with Gasteiger partial charge in [0.05, 0.1) is 0 Å². The maximum absolute atomic E-state index is 12.7. The largest absolute Gasteiger partial charge is 0.480 e. The van der Waals surface area contributed by atoms with Crippen molar-refractivity contribution in [2.45, 2.75) is 51.0 Å². The Bertz CT molecular complexity index is 1010. The molecule has 1 saturated carbocycles. The Morgan fingerprint density at radius 2 is 1.68 bits per heavy atom. The van der Waals surface area contributed by atoms with Crippen LogP contribution in [0, 0.1) is 11.8 Å². The highest BCUT2D eigenvalue weighted by Crippen LogP contribution is 2.44. The minimum atomic E-state index is -1.01. The van der Waals surface area contributed by atoms with E-state index in [-0.39, 0.29) is 30.3 Å². The van der Waals surface area contributed by atoms with E-state index < -0.39 is 18.1 Å². The number of alkyl carbamates (subject to hydrolysis) is 1. The summed E-state index contributed by atoms with van der Waals surface area (Å²) in [5.41, 5.74) is 4.66. The van der Waals surface area contributed by atoms with Crippen LogP contribution >= 0.6 is 0 Å². The Morgan fingerprint density at radius 3 is 2.29 bits per heavy atom. The molecule has 0 saturated heterocycles. The highest BCUT2D eigenvalue weighted by Gasteiger charge is 2.35. The van der Waals surface area contributed by atoms with Crippen molar-refractivity contribution in [1.29, 1.82) is 0 Å². The number of amides is 2. The summed E-state index contributed by atoms with van der Waals surface area (Å²) < 4.78 is 5.59. The number of benzene rings is 2. The molecule has 4 rings (SSSR count). The van der Waals surface area contributed by atoms with Crippen LogP contribution in [0.2, 0.25) is 0 Å². The molecule has 3 atom stereocenters. The summed E-state index contributed by atoms with van der Waals surface area (Å²) in [6.07, 6.45) is 2.96. The predicted octanol–water partition coefficient (Wildman–Crippen LogP) is 4.31. The minimum Gasteiger partial charge on any atom is -0.480 e. The number of carbonyl (C=O) groups is 3. The van der Waals surface area contributed by atoms with E-state index in [2.05, 4.69) is 34.9 Å². The van der Waals surface area contributed by atoms with E-state index >= 15 is 0 Å². The zero-order chi connectivity index (χ0) is 24.1. The van der Waals surface area contributed by atoms with Crippen LogP contribution in [0.4, 0.5) is 4.79 Å². The van der Waals surface area contributed by atoms with Gasteiger partial charge in [-0.2, -0.15) is 0 Å². The molecule has 1 fully saturated rings. The van der Waals surface area contributed by atoms with Crippen molar-refractivity contribution in [2.24, 2.45) is 11.8 Å². The molecule has 7 nitrogen and oxygen atoms in total. The molecular formula is C27H32N2O5. The lowest BCUT2D eigenvalue weighted by atomic mass is 9.94. The third-order valence-corrected chi connectivity index (χ3v) is 7.04. The average Bonchev–Trinajstić information content (AvgIpc) is 3.44. The van der Waals surface area contributed by atoms with Crippen molar-refractivity contribution in [3.05, 3.63) is 59.7 Å². The molecule has 2 aliphatic rings. The molecule has 0 bridgehead atoms.